The van der Waals surface area contributed by atoms with Crippen LogP contribution in [-0.2, 0) is 0 Å². The Labute approximate surface area is 140 Å². The topological polar surface area (TPSA) is 100 Å². The molecule has 0 unspecified atom stereocenters. The fourth-order valence-electron chi connectivity index (χ4n) is 2.06. The summed E-state index contributed by atoms with van der Waals surface area (Å²) in [6.07, 6.45) is 1.44. The Kier molecular flexibility index (Phi) is 4.57. The lowest BCUT2D eigenvalue weighted by Crippen LogP contribution is -2.21. The summed E-state index contributed by atoms with van der Waals surface area (Å²) in [6, 6.07) is 3.88. The number of aromatic nitrogens is 3. The number of fused-ring (bicyclic) bond motifs is 1. The molecule has 1 aromatic carbocycles. The molecule has 9 heteroatoms. The third kappa shape index (κ3) is 3.72. The predicted octanol–water partition coefficient (Wildman–Crippen LogP) is 2.18. The maximum Gasteiger partial charge on any atom is 0.292 e. The lowest BCUT2D eigenvalue weighted by Gasteiger charge is -2.11. The fourth-order valence-corrected chi connectivity index (χ4v) is 2.06. The lowest BCUT2D eigenvalue weighted by atomic mass is 10.3. The molecule has 0 spiro atoms. The number of H-pyrrole nitrogens is 1. The van der Waals surface area contributed by atoms with E-state index in [1.807, 2.05) is 0 Å². The van der Waals surface area contributed by atoms with Crippen molar-refractivity contribution in [3.8, 4) is 11.5 Å². The number of ether oxygens (including phenoxy) is 1. The molecule has 0 bridgehead atoms. The summed E-state index contributed by atoms with van der Waals surface area (Å²) in [4.78, 5) is 22.8. The van der Waals surface area contributed by atoms with Crippen LogP contribution in [0, 0.1) is 11.6 Å². The van der Waals surface area contributed by atoms with Crippen molar-refractivity contribution in [2.45, 2.75) is 13.0 Å². The normalized spacial score (nSPS) is 12.2. The van der Waals surface area contributed by atoms with Gasteiger partial charge in [0.15, 0.2) is 17.3 Å². The molecule has 3 N–H and O–H groups in total. The second-order valence-electron chi connectivity index (χ2n) is 5.37. The van der Waals surface area contributed by atoms with E-state index in [1.54, 1.807) is 6.92 Å². The lowest BCUT2D eigenvalue weighted by molar-refractivity contribution is 0.281. The fraction of sp³-hybridized carbons (Fsp3) is 0.188. The summed E-state index contributed by atoms with van der Waals surface area (Å²) in [5.74, 6) is -1.88. The van der Waals surface area contributed by atoms with Crippen LogP contribution >= 0.6 is 0 Å². The predicted molar refractivity (Wildman–Crippen MR) is 86.8 cm³/mol. The van der Waals surface area contributed by atoms with Crippen molar-refractivity contribution in [2.75, 3.05) is 11.9 Å². The Morgan fingerprint density at radius 1 is 1.32 bits per heavy atom. The number of halogens is 2. The number of aliphatic hydroxyl groups is 1. The van der Waals surface area contributed by atoms with Crippen LogP contribution in [0.4, 0.5) is 14.7 Å². The maximum atomic E-state index is 13.7. The van der Waals surface area contributed by atoms with Gasteiger partial charge in [-0.1, -0.05) is 0 Å². The smallest absolute Gasteiger partial charge is 0.292 e. The van der Waals surface area contributed by atoms with Crippen molar-refractivity contribution in [3.05, 3.63) is 52.5 Å². The third-order valence-corrected chi connectivity index (χ3v) is 3.32. The van der Waals surface area contributed by atoms with Gasteiger partial charge in [-0.05, 0) is 25.1 Å². The molecule has 0 aliphatic heterocycles. The van der Waals surface area contributed by atoms with Gasteiger partial charge in [-0.2, -0.15) is 4.98 Å². The van der Waals surface area contributed by atoms with Crippen LogP contribution in [0.1, 0.15) is 6.92 Å². The molecule has 3 aromatic rings. The van der Waals surface area contributed by atoms with Crippen LogP contribution in [0.5, 0.6) is 11.5 Å². The molecule has 0 fully saturated rings. The number of hydrogen-bond acceptors (Lipinski definition) is 6. The van der Waals surface area contributed by atoms with Gasteiger partial charge in [-0.25, -0.2) is 13.8 Å². The van der Waals surface area contributed by atoms with Gasteiger partial charge in [0.2, 0.25) is 5.95 Å². The molecule has 1 atom stereocenters. The molecule has 25 heavy (non-hydrogen) atoms. The van der Waals surface area contributed by atoms with Crippen LogP contribution in [0.2, 0.25) is 0 Å². The summed E-state index contributed by atoms with van der Waals surface area (Å²) in [7, 11) is 0. The number of nitrogens with one attached hydrogen (secondary N) is 2. The quantitative estimate of drug-likeness (QED) is 0.653. The van der Waals surface area contributed by atoms with E-state index in [2.05, 4.69) is 20.3 Å². The Balaban J connectivity index is 1.94. The zero-order valence-electron chi connectivity index (χ0n) is 13.1. The van der Waals surface area contributed by atoms with Crippen LogP contribution < -0.4 is 15.6 Å². The zero-order chi connectivity index (χ0) is 18.0. The van der Waals surface area contributed by atoms with E-state index in [1.165, 1.54) is 12.3 Å². The molecule has 0 saturated heterocycles. The molecular formula is C16H14F2N4O3. The Bertz CT molecular complexity index is 977. The standard InChI is InChI=1S/C16H14F2N4O3/c1-8(7-23)20-16-19-6-9-4-13(15(24)21-14(9)22-16)25-12-3-2-10(17)5-11(12)18/h2-6,8,23H,7H2,1H3,(H2,19,20,21,22,24)/t8-/m1/s1. The van der Waals surface area contributed by atoms with Gasteiger partial charge >= 0.3 is 0 Å². The van der Waals surface area contributed by atoms with Crippen molar-refractivity contribution in [3.63, 3.8) is 0 Å². The number of rotatable bonds is 5. The summed E-state index contributed by atoms with van der Waals surface area (Å²) >= 11 is 0. The van der Waals surface area contributed by atoms with E-state index < -0.39 is 17.2 Å². The second-order valence-corrected chi connectivity index (χ2v) is 5.37. The summed E-state index contributed by atoms with van der Waals surface area (Å²) in [5, 5.41) is 12.3. The molecule has 0 aliphatic carbocycles. The van der Waals surface area contributed by atoms with Crippen LogP contribution in [0.3, 0.4) is 0 Å². The van der Waals surface area contributed by atoms with Gasteiger partial charge in [0.25, 0.3) is 5.56 Å². The molecule has 2 heterocycles. The van der Waals surface area contributed by atoms with Crippen molar-refractivity contribution < 1.29 is 18.6 Å². The van der Waals surface area contributed by atoms with E-state index in [0.717, 1.165) is 12.1 Å². The van der Waals surface area contributed by atoms with E-state index in [4.69, 9.17) is 9.84 Å². The molecule has 3 rings (SSSR count). The highest BCUT2D eigenvalue weighted by atomic mass is 19.1. The highest BCUT2D eigenvalue weighted by Crippen LogP contribution is 2.24. The number of aliphatic hydroxyl groups excluding tert-OH is 1. The van der Waals surface area contributed by atoms with E-state index in [-0.39, 0.29) is 35.7 Å². The number of nitrogens with zero attached hydrogens (tertiary/aromatic N) is 2. The number of aromatic amines is 1. The molecular weight excluding hydrogens is 334 g/mol. The largest absolute Gasteiger partial charge is 0.448 e. The number of anilines is 1. The Hall–Kier alpha value is -3.07. The highest BCUT2D eigenvalue weighted by Gasteiger charge is 2.12. The minimum atomic E-state index is -0.923. The molecule has 130 valence electrons. The zero-order valence-corrected chi connectivity index (χ0v) is 13.1. The van der Waals surface area contributed by atoms with Crippen LogP contribution in [-0.4, -0.2) is 32.7 Å². The highest BCUT2D eigenvalue weighted by molar-refractivity contribution is 5.76. The Morgan fingerprint density at radius 2 is 2.12 bits per heavy atom. The van der Waals surface area contributed by atoms with Gasteiger partial charge < -0.3 is 20.1 Å². The Morgan fingerprint density at radius 3 is 2.84 bits per heavy atom. The first-order valence-electron chi connectivity index (χ1n) is 7.36. The monoisotopic (exact) mass is 348 g/mol. The van der Waals surface area contributed by atoms with Gasteiger partial charge in [0, 0.05) is 23.7 Å². The first kappa shape index (κ1) is 16.8. The first-order valence-corrected chi connectivity index (χ1v) is 7.36. The van der Waals surface area contributed by atoms with Crippen molar-refractivity contribution >= 4 is 17.0 Å². The summed E-state index contributed by atoms with van der Waals surface area (Å²) in [5.41, 5.74) is -0.379. The van der Waals surface area contributed by atoms with Gasteiger partial charge in [-0.3, -0.25) is 4.79 Å². The van der Waals surface area contributed by atoms with Gasteiger partial charge in [0.05, 0.1) is 6.61 Å². The first-order chi connectivity index (χ1) is 12.0. The maximum absolute atomic E-state index is 13.7. The second kappa shape index (κ2) is 6.81. The van der Waals surface area contributed by atoms with E-state index >= 15 is 0 Å². The van der Waals surface area contributed by atoms with Crippen molar-refractivity contribution in [1.82, 2.24) is 15.0 Å². The summed E-state index contributed by atoms with van der Waals surface area (Å²) < 4.78 is 31.8. The SMILES string of the molecule is C[C@H](CO)Nc1ncc2cc(Oc3ccc(F)cc3F)c(=O)[nH]c2n1. The van der Waals surface area contributed by atoms with Gasteiger partial charge in [-0.15, -0.1) is 0 Å². The summed E-state index contributed by atoms with van der Waals surface area (Å²) in [6.45, 7) is 1.64. The average Bonchev–Trinajstić information content (AvgIpc) is 2.57. The number of pyridine rings is 1. The third-order valence-electron chi connectivity index (χ3n) is 3.32. The number of benzene rings is 1. The number of hydrogen-bond donors (Lipinski definition) is 3. The van der Waals surface area contributed by atoms with Crippen LogP contribution in [0.15, 0.2) is 35.3 Å². The molecule has 0 aliphatic rings. The minimum Gasteiger partial charge on any atom is -0.448 e. The minimum absolute atomic E-state index is 0.103. The van der Waals surface area contributed by atoms with Crippen molar-refractivity contribution in [2.24, 2.45) is 0 Å². The van der Waals surface area contributed by atoms with E-state index in [9.17, 15) is 13.6 Å². The molecule has 2 aromatic heterocycles. The van der Waals surface area contributed by atoms with Gasteiger partial charge in [0.1, 0.15) is 11.5 Å². The van der Waals surface area contributed by atoms with Crippen molar-refractivity contribution in [1.29, 1.82) is 0 Å². The molecule has 0 amide bonds. The van der Waals surface area contributed by atoms with E-state index in [0.29, 0.717) is 11.5 Å². The molecule has 7 nitrogen and oxygen atoms in total. The van der Waals surface area contributed by atoms with Crippen LogP contribution in [0.25, 0.3) is 11.0 Å². The molecule has 0 saturated carbocycles. The molecule has 0 radical (unpaired) electrons. The average molecular weight is 348 g/mol.